The highest BCUT2D eigenvalue weighted by Crippen LogP contribution is 2.27. The van der Waals surface area contributed by atoms with Gasteiger partial charge in [0.25, 0.3) is 5.91 Å². The Hall–Kier alpha value is -2.84. The van der Waals surface area contributed by atoms with Crippen LogP contribution in [0.5, 0.6) is 0 Å². The molecule has 1 amide bonds. The van der Waals surface area contributed by atoms with Crippen molar-refractivity contribution in [2.45, 2.75) is 32.2 Å². The summed E-state index contributed by atoms with van der Waals surface area (Å²) >= 11 is 0. The highest BCUT2D eigenvalue weighted by molar-refractivity contribution is 7.89. The molecule has 0 aliphatic carbocycles. The van der Waals surface area contributed by atoms with Crippen molar-refractivity contribution < 1.29 is 13.2 Å². The Labute approximate surface area is 196 Å². The van der Waals surface area contributed by atoms with Gasteiger partial charge in [-0.05, 0) is 62.2 Å². The summed E-state index contributed by atoms with van der Waals surface area (Å²) in [4.78, 5) is 17.9. The molecule has 0 saturated carbocycles. The lowest BCUT2D eigenvalue weighted by Crippen LogP contribution is -2.49. The van der Waals surface area contributed by atoms with E-state index in [1.54, 1.807) is 18.2 Å². The first-order valence-electron chi connectivity index (χ1n) is 11.3. The number of fused-ring (bicyclic) bond motifs is 1. The number of piperazine rings is 1. The number of hydrogen-bond donors (Lipinski definition) is 0. The third-order valence-electron chi connectivity index (χ3n) is 6.67. The predicted molar refractivity (Wildman–Crippen MR) is 133 cm³/mol. The van der Waals surface area contributed by atoms with Gasteiger partial charge in [0.15, 0.2) is 0 Å². The lowest BCUT2D eigenvalue weighted by molar-refractivity contribution is 0.0736. The maximum Gasteiger partial charge on any atom is 0.270 e. The van der Waals surface area contributed by atoms with Crippen LogP contribution in [0.2, 0.25) is 0 Å². The second-order valence-electron chi connectivity index (χ2n) is 8.78. The summed E-state index contributed by atoms with van der Waals surface area (Å²) in [6.45, 7) is 9.77. The van der Waals surface area contributed by atoms with Crippen LogP contribution >= 0.6 is 0 Å². The van der Waals surface area contributed by atoms with Gasteiger partial charge in [-0.25, -0.2) is 12.7 Å². The summed E-state index contributed by atoms with van der Waals surface area (Å²) in [7, 11) is -0.500. The molecule has 2 aromatic carbocycles. The fourth-order valence-corrected chi connectivity index (χ4v) is 5.47. The van der Waals surface area contributed by atoms with E-state index in [0.717, 1.165) is 24.0 Å². The molecule has 0 atom stereocenters. The van der Waals surface area contributed by atoms with Gasteiger partial charge in [0.2, 0.25) is 10.0 Å². The Morgan fingerprint density at radius 3 is 2.33 bits per heavy atom. The molecule has 1 aliphatic rings. The standard InChI is InChI=1S/C25H32N4O3S/c1-6-29-23-11-10-21(33(31,32)26(4)5)16-20(23)17-24(29)25(30)28-14-12-27(13-15-28)22-9-7-8-18(2)19(22)3/h7-11,16-17H,6,12-15H2,1-5H3. The van der Waals surface area contributed by atoms with Crippen LogP contribution in [0.3, 0.4) is 0 Å². The molecule has 0 unspecified atom stereocenters. The molecule has 7 nitrogen and oxygen atoms in total. The predicted octanol–water partition coefficient (Wildman–Crippen LogP) is 3.49. The van der Waals surface area contributed by atoms with Crippen molar-refractivity contribution in [1.82, 2.24) is 13.8 Å². The van der Waals surface area contributed by atoms with E-state index in [1.807, 2.05) is 22.5 Å². The summed E-state index contributed by atoms with van der Waals surface area (Å²) in [6, 6.07) is 13.2. The van der Waals surface area contributed by atoms with E-state index in [0.29, 0.717) is 25.3 Å². The zero-order valence-electron chi connectivity index (χ0n) is 20.0. The number of benzene rings is 2. The molecular weight excluding hydrogens is 436 g/mol. The number of carbonyl (C=O) groups is 1. The molecule has 0 N–H and O–H groups in total. The number of anilines is 1. The van der Waals surface area contributed by atoms with Gasteiger partial charge in [0.1, 0.15) is 5.69 Å². The van der Waals surface area contributed by atoms with Crippen molar-refractivity contribution in [3.05, 3.63) is 59.3 Å². The van der Waals surface area contributed by atoms with Crippen molar-refractivity contribution in [2.24, 2.45) is 0 Å². The van der Waals surface area contributed by atoms with Gasteiger partial charge in [-0.15, -0.1) is 0 Å². The minimum Gasteiger partial charge on any atom is -0.368 e. The summed E-state index contributed by atoms with van der Waals surface area (Å²) < 4.78 is 28.3. The average molecular weight is 469 g/mol. The maximum absolute atomic E-state index is 13.5. The number of aryl methyl sites for hydroxylation is 2. The van der Waals surface area contributed by atoms with Crippen molar-refractivity contribution in [3.8, 4) is 0 Å². The molecule has 0 radical (unpaired) electrons. The lowest BCUT2D eigenvalue weighted by atomic mass is 10.1. The SMILES string of the molecule is CCn1c(C(=O)N2CCN(c3cccc(C)c3C)CC2)cc2cc(S(=O)(=O)N(C)C)ccc21. The first-order valence-corrected chi connectivity index (χ1v) is 12.8. The second-order valence-corrected chi connectivity index (χ2v) is 10.9. The van der Waals surface area contributed by atoms with Gasteiger partial charge in [-0.1, -0.05) is 12.1 Å². The molecular formula is C25H32N4O3S. The van der Waals surface area contributed by atoms with Crippen LogP contribution in [0, 0.1) is 13.8 Å². The van der Waals surface area contributed by atoms with E-state index in [9.17, 15) is 13.2 Å². The third-order valence-corrected chi connectivity index (χ3v) is 8.48. The first-order chi connectivity index (χ1) is 15.6. The van der Waals surface area contributed by atoms with E-state index in [-0.39, 0.29) is 10.8 Å². The Balaban J connectivity index is 1.59. The molecule has 1 saturated heterocycles. The van der Waals surface area contributed by atoms with Crippen LogP contribution in [0.4, 0.5) is 5.69 Å². The number of sulfonamides is 1. The van der Waals surface area contributed by atoms with Gasteiger partial charge in [0, 0.05) is 63.4 Å². The van der Waals surface area contributed by atoms with Crippen molar-refractivity contribution in [2.75, 3.05) is 45.2 Å². The van der Waals surface area contributed by atoms with Crippen LogP contribution in [-0.2, 0) is 16.6 Å². The monoisotopic (exact) mass is 468 g/mol. The maximum atomic E-state index is 13.5. The van der Waals surface area contributed by atoms with Crippen LogP contribution in [0.1, 0.15) is 28.5 Å². The van der Waals surface area contributed by atoms with Gasteiger partial charge in [-0.2, -0.15) is 0 Å². The highest BCUT2D eigenvalue weighted by atomic mass is 32.2. The van der Waals surface area contributed by atoms with E-state index in [1.165, 1.54) is 35.2 Å². The van der Waals surface area contributed by atoms with Gasteiger partial charge in [0.05, 0.1) is 4.90 Å². The topological polar surface area (TPSA) is 65.9 Å². The largest absolute Gasteiger partial charge is 0.368 e. The third kappa shape index (κ3) is 4.13. The Morgan fingerprint density at radius 2 is 1.70 bits per heavy atom. The molecule has 176 valence electrons. The summed E-state index contributed by atoms with van der Waals surface area (Å²) in [6.07, 6.45) is 0. The number of amides is 1. The number of rotatable bonds is 5. The lowest BCUT2D eigenvalue weighted by Gasteiger charge is -2.37. The highest BCUT2D eigenvalue weighted by Gasteiger charge is 2.26. The Morgan fingerprint density at radius 1 is 1.00 bits per heavy atom. The van der Waals surface area contributed by atoms with E-state index >= 15 is 0 Å². The van der Waals surface area contributed by atoms with Crippen LogP contribution in [0.15, 0.2) is 47.4 Å². The van der Waals surface area contributed by atoms with Gasteiger partial charge >= 0.3 is 0 Å². The van der Waals surface area contributed by atoms with Crippen molar-refractivity contribution in [1.29, 1.82) is 0 Å². The fraction of sp³-hybridized carbons (Fsp3) is 0.400. The summed E-state index contributed by atoms with van der Waals surface area (Å²) in [5.41, 5.74) is 5.26. The molecule has 0 bridgehead atoms. The van der Waals surface area contributed by atoms with E-state index < -0.39 is 10.0 Å². The van der Waals surface area contributed by atoms with Crippen LogP contribution < -0.4 is 4.90 Å². The number of hydrogen-bond acceptors (Lipinski definition) is 4. The quantitative estimate of drug-likeness (QED) is 0.575. The molecule has 1 aromatic heterocycles. The van der Waals surface area contributed by atoms with Crippen LogP contribution in [-0.4, -0.2) is 68.4 Å². The first kappa shape index (κ1) is 23.3. The molecule has 8 heteroatoms. The summed E-state index contributed by atoms with van der Waals surface area (Å²) in [5.74, 6) is -0.00863. The number of nitrogens with zero attached hydrogens (tertiary/aromatic N) is 4. The van der Waals surface area contributed by atoms with Gasteiger partial charge in [-0.3, -0.25) is 4.79 Å². The average Bonchev–Trinajstić information content (AvgIpc) is 3.18. The molecule has 4 rings (SSSR count). The molecule has 0 spiro atoms. The fourth-order valence-electron chi connectivity index (χ4n) is 4.53. The molecule has 1 fully saturated rings. The number of aromatic nitrogens is 1. The van der Waals surface area contributed by atoms with Crippen molar-refractivity contribution in [3.63, 3.8) is 0 Å². The van der Waals surface area contributed by atoms with E-state index in [2.05, 4.69) is 36.9 Å². The number of carbonyl (C=O) groups excluding carboxylic acids is 1. The molecule has 1 aliphatic heterocycles. The smallest absolute Gasteiger partial charge is 0.270 e. The minimum atomic E-state index is -3.54. The Bertz CT molecular complexity index is 1300. The van der Waals surface area contributed by atoms with Crippen molar-refractivity contribution >= 4 is 32.5 Å². The van der Waals surface area contributed by atoms with Gasteiger partial charge < -0.3 is 14.4 Å². The Kier molecular flexibility index (Phi) is 6.24. The zero-order chi connectivity index (χ0) is 23.9. The van der Waals surface area contributed by atoms with E-state index in [4.69, 9.17) is 0 Å². The molecule has 2 heterocycles. The second kappa shape index (κ2) is 8.83. The normalized spacial score (nSPS) is 15.0. The minimum absolute atomic E-state index is 0.00863. The zero-order valence-corrected chi connectivity index (χ0v) is 20.8. The molecule has 33 heavy (non-hydrogen) atoms. The summed E-state index contributed by atoms with van der Waals surface area (Å²) in [5, 5.41) is 0.761. The molecule has 3 aromatic rings. The van der Waals surface area contributed by atoms with Crippen LogP contribution in [0.25, 0.3) is 10.9 Å².